The molecule has 6 heteroatoms. The van der Waals surface area contributed by atoms with Gasteiger partial charge in [0.1, 0.15) is 5.75 Å². The molecule has 0 saturated heterocycles. The van der Waals surface area contributed by atoms with Crippen LogP contribution in [0.1, 0.15) is 13.3 Å². The smallest absolute Gasteiger partial charge is 0.260 e. The van der Waals surface area contributed by atoms with Crippen LogP contribution in [0.4, 0.5) is 0 Å². The predicted molar refractivity (Wildman–Crippen MR) is 82.7 cm³/mol. The number of nitrogens with zero attached hydrogens (tertiary/aromatic N) is 1. The second-order valence-electron chi connectivity index (χ2n) is 4.78. The van der Waals surface area contributed by atoms with Crippen molar-refractivity contribution in [3.05, 3.63) is 28.2 Å². The van der Waals surface area contributed by atoms with E-state index >= 15 is 0 Å². The number of hydrogen-bond acceptors (Lipinski definition) is 3. The average molecular weight is 319 g/mol. The number of carbonyl (C=O) groups is 1. The van der Waals surface area contributed by atoms with E-state index < -0.39 is 6.10 Å². The Kier molecular flexibility index (Phi) is 7.13. The summed E-state index contributed by atoms with van der Waals surface area (Å²) < 4.78 is 5.53. The standard InChI is InChI=1S/C14H20Cl2N2O2/c1-10(14(19)17-7-4-8-18(2)3)20-13-6-5-11(15)9-12(13)16/h5-6,9-10H,4,7-8H2,1-3H3,(H,17,19)/t10-/m0/s1. The Hall–Kier alpha value is -0.970. The number of amides is 1. The van der Waals surface area contributed by atoms with Crippen LogP contribution in [-0.4, -0.2) is 44.1 Å². The van der Waals surface area contributed by atoms with Crippen molar-refractivity contribution < 1.29 is 9.53 Å². The van der Waals surface area contributed by atoms with Crippen molar-refractivity contribution in [2.24, 2.45) is 0 Å². The highest BCUT2D eigenvalue weighted by Gasteiger charge is 2.15. The normalized spacial score (nSPS) is 12.3. The molecule has 1 atom stereocenters. The molecule has 0 heterocycles. The fourth-order valence-corrected chi connectivity index (χ4v) is 2.02. The SMILES string of the molecule is C[C@H](Oc1ccc(Cl)cc1Cl)C(=O)NCCCN(C)C. The van der Waals surface area contributed by atoms with Crippen LogP contribution in [-0.2, 0) is 4.79 Å². The minimum absolute atomic E-state index is 0.158. The van der Waals surface area contributed by atoms with Crippen molar-refractivity contribution in [2.45, 2.75) is 19.4 Å². The Labute approximate surface area is 130 Å². The zero-order valence-corrected chi connectivity index (χ0v) is 13.5. The van der Waals surface area contributed by atoms with Gasteiger partial charge in [0, 0.05) is 11.6 Å². The maximum absolute atomic E-state index is 11.9. The van der Waals surface area contributed by atoms with Crippen molar-refractivity contribution in [2.75, 3.05) is 27.2 Å². The van der Waals surface area contributed by atoms with Gasteiger partial charge in [0.05, 0.1) is 5.02 Å². The minimum atomic E-state index is -0.604. The van der Waals surface area contributed by atoms with E-state index in [0.717, 1.165) is 13.0 Å². The molecule has 1 aromatic rings. The number of halogens is 2. The highest BCUT2D eigenvalue weighted by Crippen LogP contribution is 2.28. The maximum Gasteiger partial charge on any atom is 0.260 e. The quantitative estimate of drug-likeness (QED) is 0.786. The summed E-state index contributed by atoms with van der Waals surface area (Å²) in [6, 6.07) is 4.91. The zero-order chi connectivity index (χ0) is 15.1. The molecule has 1 amide bonds. The Bertz CT molecular complexity index is 453. The van der Waals surface area contributed by atoms with Gasteiger partial charge in [-0.3, -0.25) is 4.79 Å². The second kappa shape index (κ2) is 8.35. The first-order valence-corrected chi connectivity index (χ1v) is 7.20. The third-order valence-electron chi connectivity index (χ3n) is 2.65. The third kappa shape index (κ3) is 5.99. The highest BCUT2D eigenvalue weighted by atomic mass is 35.5. The van der Waals surface area contributed by atoms with E-state index in [1.54, 1.807) is 25.1 Å². The molecular formula is C14H20Cl2N2O2. The summed E-state index contributed by atoms with van der Waals surface area (Å²) in [6.45, 7) is 3.24. The molecule has 0 fully saturated rings. The van der Waals surface area contributed by atoms with E-state index in [4.69, 9.17) is 27.9 Å². The summed E-state index contributed by atoms with van der Waals surface area (Å²) in [6.07, 6.45) is 0.292. The number of nitrogens with one attached hydrogen (secondary N) is 1. The summed E-state index contributed by atoms with van der Waals surface area (Å²) >= 11 is 11.8. The first-order valence-electron chi connectivity index (χ1n) is 6.44. The topological polar surface area (TPSA) is 41.6 Å². The summed E-state index contributed by atoms with van der Waals surface area (Å²) in [5, 5.41) is 3.75. The van der Waals surface area contributed by atoms with Crippen LogP contribution in [0.25, 0.3) is 0 Å². The summed E-state index contributed by atoms with van der Waals surface area (Å²) in [5.74, 6) is 0.293. The lowest BCUT2D eigenvalue weighted by atomic mass is 10.3. The van der Waals surface area contributed by atoms with E-state index in [1.807, 2.05) is 14.1 Å². The summed E-state index contributed by atoms with van der Waals surface area (Å²) in [4.78, 5) is 13.9. The van der Waals surface area contributed by atoms with Gasteiger partial charge in [-0.05, 0) is 52.2 Å². The molecule has 1 N–H and O–H groups in total. The van der Waals surface area contributed by atoms with Gasteiger partial charge in [0.25, 0.3) is 5.91 Å². The molecule has 0 unspecified atom stereocenters. The minimum Gasteiger partial charge on any atom is -0.479 e. The van der Waals surface area contributed by atoms with Crippen LogP contribution in [0, 0.1) is 0 Å². The zero-order valence-electron chi connectivity index (χ0n) is 12.0. The molecule has 0 saturated carbocycles. The molecule has 0 radical (unpaired) electrons. The summed E-state index contributed by atoms with van der Waals surface area (Å²) in [7, 11) is 3.99. The Morgan fingerprint density at radius 1 is 1.40 bits per heavy atom. The van der Waals surface area contributed by atoms with Crippen LogP contribution in [0.3, 0.4) is 0 Å². The van der Waals surface area contributed by atoms with Gasteiger partial charge in [-0.1, -0.05) is 23.2 Å². The van der Waals surface area contributed by atoms with E-state index in [0.29, 0.717) is 22.3 Å². The van der Waals surface area contributed by atoms with Crippen molar-refractivity contribution in [1.82, 2.24) is 10.2 Å². The van der Waals surface area contributed by atoms with Crippen molar-refractivity contribution in [3.63, 3.8) is 0 Å². The van der Waals surface area contributed by atoms with Crippen molar-refractivity contribution in [1.29, 1.82) is 0 Å². The van der Waals surface area contributed by atoms with Gasteiger partial charge < -0.3 is 15.0 Å². The molecule has 0 aliphatic carbocycles. The lowest BCUT2D eigenvalue weighted by Crippen LogP contribution is -2.37. The first kappa shape index (κ1) is 17.1. The number of rotatable bonds is 7. The molecule has 0 spiro atoms. The fraction of sp³-hybridized carbons (Fsp3) is 0.500. The lowest BCUT2D eigenvalue weighted by Gasteiger charge is -2.16. The van der Waals surface area contributed by atoms with Crippen LogP contribution < -0.4 is 10.1 Å². The number of carbonyl (C=O) groups excluding carboxylic acids is 1. The monoisotopic (exact) mass is 318 g/mol. The van der Waals surface area contributed by atoms with Gasteiger partial charge in [-0.2, -0.15) is 0 Å². The van der Waals surface area contributed by atoms with Gasteiger partial charge in [0.2, 0.25) is 0 Å². The van der Waals surface area contributed by atoms with Gasteiger partial charge in [-0.15, -0.1) is 0 Å². The lowest BCUT2D eigenvalue weighted by molar-refractivity contribution is -0.127. The Morgan fingerprint density at radius 2 is 2.10 bits per heavy atom. The van der Waals surface area contributed by atoms with Crippen molar-refractivity contribution in [3.8, 4) is 5.75 Å². The molecule has 112 valence electrons. The van der Waals surface area contributed by atoms with E-state index in [9.17, 15) is 4.79 Å². The van der Waals surface area contributed by atoms with E-state index in [1.165, 1.54) is 0 Å². The molecular weight excluding hydrogens is 299 g/mol. The molecule has 4 nitrogen and oxygen atoms in total. The van der Waals surface area contributed by atoms with Gasteiger partial charge in [-0.25, -0.2) is 0 Å². The van der Waals surface area contributed by atoms with Crippen LogP contribution in [0.15, 0.2) is 18.2 Å². The second-order valence-corrected chi connectivity index (χ2v) is 5.63. The molecule has 0 aliphatic rings. The number of ether oxygens (including phenoxy) is 1. The third-order valence-corrected chi connectivity index (χ3v) is 3.18. The molecule has 20 heavy (non-hydrogen) atoms. The van der Waals surface area contributed by atoms with E-state index in [-0.39, 0.29) is 5.91 Å². The highest BCUT2D eigenvalue weighted by molar-refractivity contribution is 6.35. The van der Waals surface area contributed by atoms with Gasteiger partial charge in [0.15, 0.2) is 6.10 Å². The van der Waals surface area contributed by atoms with Crippen LogP contribution in [0.2, 0.25) is 10.0 Å². The molecule has 0 aromatic heterocycles. The Morgan fingerprint density at radius 3 is 2.70 bits per heavy atom. The van der Waals surface area contributed by atoms with Crippen LogP contribution in [0.5, 0.6) is 5.75 Å². The fourth-order valence-electron chi connectivity index (χ4n) is 1.57. The molecule has 1 rings (SSSR count). The van der Waals surface area contributed by atoms with Gasteiger partial charge >= 0.3 is 0 Å². The van der Waals surface area contributed by atoms with E-state index in [2.05, 4.69) is 10.2 Å². The van der Waals surface area contributed by atoms with Crippen LogP contribution >= 0.6 is 23.2 Å². The van der Waals surface area contributed by atoms with Crippen molar-refractivity contribution >= 4 is 29.1 Å². The maximum atomic E-state index is 11.9. The molecule has 1 aromatic carbocycles. The summed E-state index contributed by atoms with van der Waals surface area (Å²) in [5.41, 5.74) is 0. The average Bonchev–Trinajstić information content (AvgIpc) is 2.37. The predicted octanol–water partition coefficient (Wildman–Crippen LogP) is 2.83. The largest absolute Gasteiger partial charge is 0.479 e. The molecule has 0 aliphatic heterocycles. The molecule has 0 bridgehead atoms. The number of benzene rings is 1. The Balaban J connectivity index is 2.41. The first-order chi connectivity index (χ1) is 9.40. The number of hydrogen-bond donors (Lipinski definition) is 1.